The molecule has 5 fully saturated rings. The first-order valence-electron chi connectivity index (χ1n) is 8.85. The van der Waals surface area contributed by atoms with Gasteiger partial charge in [-0.25, -0.2) is 0 Å². The third-order valence-corrected chi connectivity index (χ3v) is 6.54. The summed E-state index contributed by atoms with van der Waals surface area (Å²) in [5.41, 5.74) is 0.617. The molecule has 2 nitrogen and oxygen atoms in total. The quantitative estimate of drug-likeness (QED) is 0.796. The second-order valence-electron chi connectivity index (χ2n) is 8.23. The molecule has 1 atom stereocenters. The maximum atomic E-state index is 3.48. The van der Waals surface area contributed by atoms with Gasteiger partial charge in [-0.2, -0.15) is 0 Å². The Morgan fingerprint density at radius 3 is 2.35 bits per heavy atom. The van der Waals surface area contributed by atoms with Crippen LogP contribution in [0.4, 0.5) is 0 Å². The molecule has 112 valence electrons. The summed E-state index contributed by atoms with van der Waals surface area (Å²) in [6.07, 6.45) is 14.4. The minimum absolute atomic E-state index is 0.617. The molecule has 5 rings (SSSR count). The Balaban J connectivity index is 1.39. The van der Waals surface area contributed by atoms with Crippen LogP contribution in [-0.2, 0) is 0 Å². The molecule has 4 aliphatic carbocycles. The zero-order valence-corrected chi connectivity index (χ0v) is 13.0. The van der Waals surface area contributed by atoms with Crippen LogP contribution in [0, 0.1) is 23.2 Å². The lowest BCUT2D eigenvalue weighted by Gasteiger charge is -2.56. The zero-order valence-electron chi connectivity index (χ0n) is 13.0. The molecule has 0 aromatic carbocycles. The number of allylic oxidation sites excluding steroid dienone is 1. The fraction of sp³-hybridized carbons (Fsp3) is 0.889. The van der Waals surface area contributed by atoms with Gasteiger partial charge in [-0.3, -0.25) is 4.90 Å². The van der Waals surface area contributed by atoms with Crippen molar-refractivity contribution in [2.24, 2.45) is 23.2 Å². The molecule has 1 aliphatic heterocycles. The van der Waals surface area contributed by atoms with E-state index in [1.54, 1.807) is 19.3 Å². The zero-order chi connectivity index (χ0) is 13.6. The highest BCUT2D eigenvalue weighted by molar-refractivity contribution is 5.11. The van der Waals surface area contributed by atoms with Crippen LogP contribution >= 0.6 is 0 Å². The van der Waals surface area contributed by atoms with Crippen LogP contribution in [0.25, 0.3) is 0 Å². The Morgan fingerprint density at radius 2 is 1.75 bits per heavy atom. The normalized spacial score (nSPS) is 48.2. The summed E-state index contributed by atoms with van der Waals surface area (Å²) in [4.78, 5) is 2.63. The number of piperazine rings is 1. The third kappa shape index (κ3) is 2.46. The van der Waals surface area contributed by atoms with Gasteiger partial charge in [0.1, 0.15) is 0 Å². The van der Waals surface area contributed by atoms with Crippen molar-refractivity contribution in [3.05, 3.63) is 12.2 Å². The number of nitrogens with zero attached hydrogens (tertiary/aromatic N) is 1. The molecule has 4 saturated carbocycles. The molecule has 1 saturated heterocycles. The van der Waals surface area contributed by atoms with Gasteiger partial charge in [0.15, 0.2) is 0 Å². The van der Waals surface area contributed by atoms with E-state index in [2.05, 4.69) is 29.3 Å². The largest absolute Gasteiger partial charge is 0.314 e. The van der Waals surface area contributed by atoms with Crippen molar-refractivity contribution in [3.8, 4) is 0 Å². The van der Waals surface area contributed by atoms with Crippen molar-refractivity contribution >= 4 is 0 Å². The molecule has 2 heteroatoms. The van der Waals surface area contributed by atoms with Gasteiger partial charge < -0.3 is 5.32 Å². The average Bonchev–Trinajstić information content (AvgIpc) is 2.39. The van der Waals surface area contributed by atoms with Gasteiger partial charge in [-0.15, -0.1) is 0 Å². The van der Waals surface area contributed by atoms with Gasteiger partial charge in [-0.05, 0) is 68.6 Å². The van der Waals surface area contributed by atoms with Crippen molar-refractivity contribution in [2.45, 2.75) is 51.5 Å². The van der Waals surface area contributed by atoms with Crippen molar-refractivity contribution in [3.63, 3.8) is 0 Å². The summed E-state index contributed by atoms with van der Waals surface area (Å²) >= 11 is 0. The van der Waals surface area contributed by atoms with E-state index >= 15 is 0 Å². The molecular formula is C18H30N2. The van der Waals surface area contributed by atoms with Crippen LogP contribution in [0.15, 0.2) is 12.2 Å². The molecule has 1 unspecified atom stereocenters. The first-order chi connectivity index (χ1) is 9.72. The maximum Gasteiger partial charge on any atom is 0.0196 e. The lowest BCUT2D eigenvalue weighted by molar-refractivity contribution is -0.0239. The van der Waals surface area contributed by atoms with Gasteiger partial charge in [0.05, 0.1) is 0 Å². The Labute approximate surface area is 124 Å². The predicted molar refractivity (Wildman–Crippen MR) is 83.6 cm³/mol. The summed E-state index contributed by atoms with van der Waals surface area (Å²) < 4.78 is 0. The number of hydrogen-bond donors (Lipinski definition) is 1. The van der Waals surface area contributed by atoms with E-state index in [-0.39, 0.29) is 0 Å². The Kier molecular flexibility index (Phi) is 3.42. The molecule has 1 N–H and O–H groups in total. The highest BCUT2D eigenvalue weighted by Gasteiger charge is 2.49. The highest BCUT2D eigenvalue weighted by Crippen LogP contribution is 2.60. The van der Waals surface area contributed by atoms with Gasteiger partial charge in [0, 0.05) is 32.2 Å². The van der Waals surface area contributed by atoms with Crippen LogP contribution in [0.3, 0.4) is 0 Å². The molecule has 0 spiro atoms. The van der Waals surface area contributed by atoms with Crippen LogP contribution in [-0.4, -0.2) is 37.1 Å². The molecule has 1 heterocycles. The number of nitrogens with one attached hydrogen (secondary N) is 1. The van der Waals surface area contributed by atoms with E-state index in [1.807, 2.05) is 0 Å². The maximum absolute atomic E-state index is 3.48. The fourth-order valence-corrected chi connectivity index (χ4v) is 5.97. The third-order valence-electron chi connectivity index (χ3n) is 6.54. The van der Waals surface area contributed by atoms with Crippen LogP contribution < -0.4 is 5.32 Å². The Hall–Kier alpha value is -0.340. The van der Waals surface area contributed by atoms with Crippen molar-refractivity contribution in [2.75, 3.05) is 26.2 Å². The molecule has 0 radical (unpaired) electrons. The molecule has 4 bridgehead atoms. The molecule has 20 heavy (non-hydrogen) atoms. The standard InChI is InChI=1S/C18H30N2/c1-14-13-19-4-6-20(14)5-2-3-18-10-15-7-16(11-18)9-17(8-15)12-18/h2-3,14-17,19H,4-13H2,1H3/b3-2+. The SMILES string of the molecule is CC1CNCCN1C/C=C/C12CC3CC(CC(C3)C1)C2. The monoisotopic (exact) mass is 274 g/mol. The van der Waals surface area contributed by atoms with Crippen LogP contribution in [0.2, 0.25) is 0 Å². The first-order valence-corrected chi connectivity index (χ1v) is 8.85. The minimum atomic E-state index is 0.617. The first kappa shape index (κ1) is 13.3. The van der Waals surface area contributed by atoms with Gasteiger partial charge in [0.2, 0.25) is 0 Å². The summed E-state index contributed by atoms with van der Waals surface area (Å²) in [6.45, 7) is 7.06. The van der Waals surface area contributed by atoms with E-state index < -0.39 is 0 Å². The lowest BCUT2D eigenvalue weighted by Crippen LogP contribution is -2.49. The van der Waals surface area contributed by atoms with E-state index in [1.165, 1.54) is 32.4 Å². The van der Waals surface area contributed by atoms with E-state index in [0.717, 1.165) is 30.8 Å². The van der Waals surface area contributed by atoms with Crippen molar-refractivity contribution in [1.82, 2.24) is 10.2 Å². The molecule has 5 aliphatic rings. The topological polar surface area (TPSA) is 15.3 Å². The molecule has 0 aromatic heterocycles. The second kappa shape index (κ2) is 5.14. The second-order valence-corrected chi connectivity index (χ2v) is 8.23. The Bertz CT molecular complexity index is 352. The summed E-state index contributed by atoms with van der Waals surface area (Å²) in [5.74, 6) is 3.22. The Morgan fingerprint density at radius 1 is 1.10 bits per heavy atom. The van der Waals surface area contributed by atoms with Crippen molar-refractivity contribution in [1.29, 1.82) is 0 Å². The minimum Gasteiger partial charge on any atom is -0.314 e. The van der Waals surface area contributed by atoms with Crippen LogP contribution in [0.1, 0.15) is 45.4 Å². The molecule has 0 amide bonds. The summed E-state index contributed by atoms with van der Waals surface area (Å²) in [7, 11) is 0. The molecular weight excluding hydrogens is 244 g/mol. The predicted octanol–water partition coefficient (Wildman–Crippen LogP) is 3.05. The average molecular weight is 274 g/mol. The van der Waals surface area contributed by atoms with Gasteiger partial charge >= 0.3 is 0 Å². The number of rotatable bonds is 3. The van der Waals surface area contributed by atoms with Gasteiger partial charge in [0.25, 0.3) is 0 Å². The smallest absolute Gasteiger partial charge is 0.0196 e. The lowest BCUT2D eigenvalue weighted by atomic mass is 9.49. The number of hydrogen-bond acceptors (Lipinski definition) is 2. The van der Waals surface area contributed by atoms with E-state index in [0.29, 0.717) is 11.5 Å². The summed E-state index contributed by atoms with van der Waals surface area (Å²) in [6, 6.07) is 0.699. The van der Waals surface area contributed by atoms with E-state index in [4.69, 9.17) is 0 Å². The highest BCUT2D eigenvalue weighted by atomic mass is 15.2. The van der Waals surface area contributed by atoms with E-state index in [9.17, 15) is 0 Å². The summed E-state index contributed by atoms with van der Waals surface area (Å²) in [5, 5.41) is 3.48. The fourth-order valence-electron chi connectivity index (χ4n) is 5.97. The molecule has 0 aromatic rings. The van der Waals surface area contributed by atoms with Crippen LogP contribution in [0.5, 0.6) is 0 Å². The van der Waals surface area contributed by atoms with Gasteiger partial charge in [-0.1, -0.05) is 12.2 Å². The van der Waals surface area contributed by atoms with Crippen molar-refractivity contribution < 1.29 is 0 Å².